The third-order valence-corrected chi connectivity index (χ3v) is 1.48. The highest BCUT2D eigenvalue weighted by molar-refractivity contribution is 9.09. The van der Waals surface area contributed by atoms with Gasteiger partial charge in [-0.1, -0.05) is 29.8 Å². The largest absolute Gasteiger partial charge is 0.464 e. The Morgan fingerprint density at radius 2 is 2.27 bits per heavy atom. The highest BCUT2D eigenvalue weighted by Crippen LogP contribution is 1.84. The van der Waals surface area contributed by atoms with Gasteiger partial charge in [0.15, 0.2) is 0 Å². The molecule has 0 unspecified atom stereocenters. The van der Waals surface area contributed by atoms with Crippen molar-refractivity contribution in [2.24, 2.45) is 0 Å². The van der Waals surface area contributed by atoms with E-state index in [4.69, 9.17) is 4.74 Å². The van der Waals surface area contributed by atoms with Crippen LogP contribution in [0.5, 0.6) is 0 Å². The molecule has 0 saturated carbocycles. The van der Waals surface area contributed by atoms with Gasteiger partial charge in [0.05, 0.1) is 0 Å². The lowest BCUT2D eigenvalue weighted by Gasteiger charge is -2.07. The minimum absolute atomic E-state index is 0.212. The van der Waals surface area contributed by atoms with Crippen molar-refractivity contribution in [3.8, 4) is 0 Å². The molecule has 0 aromatic heterocycles. The predicted molar refractivity (Wildman–Crippen MR) is 47.9 cm³/mol. The van der Waals surface area contributed by atoms with Gasteiger partial charge in [-0.2, -0.15) is 0 Å². The molecular formula is C7H14BrNO2. The molecule has 0 bridgehead atoms. The van der Waals surface area contributed by atoms with Crippen LogP contribution in [0.15, 0.2) is 0 Å². The number of rotatable bonds is 5. The highest BCUT2D eigenvalue weighted by atomic mass is 79.9. The Bertz CT molecular complexity index is 117. The molecule has 0 atom stereocenters. The second-order valence-electron chi connectivity index (χ2n) is 2.46. The molecule has 1 N–H and O–H groups in total. The first kappa shape index (κ1) is 10.9. The second kappa shape index (κ2) is 6.61. The van der Waals surface area contributed by atoms with E-state index < -0.39 is 0 Å². The van der Waals surface area contributed by atoms with Crippen LogP contribution in [0.25, 0.3) is 0 Å². The quantitative estimate of drug-likeness (QED) is 0.428. The highest BCUT2D eigenvalue weighted by Gasteiger charge is 1.98. The van der Waals surface area contributed by atoms with Crippen molar-refractivity contribution >= 4 is 21.9 Å². The van der Waals surface area contributed by atoms with Gasteiger partial charge in [-0.05, 0) is 0 Å². The zero-order valence-electron chi connectivity index (χ0n) is 6.89. The summed E-state index contributed by atoms with van der Waals surface area (Å²) in [5.41, 5.74) is 0. The van der Waals surface area contributed by atoms with Crippen molar-refractivity contribution in [3.63, 3.8) is 0 Å². The van der Waals surface area contributed by atoms with Crippen molar-refractivity contribution in [1.29, 1.82) is 0 Å². The summed E-state index contributed by atoms with van der Waals surface area (Å²) in [4.78, 5) is 10.6. The first-order chi connectivity index (χ1) is 5.16. The maximum absolute atomic E-state index is 10.6. The van der Waals surface area contributed by atoms with Gasteiger partial charge in [0, 0.05) is 12.6 Å². The maximum Gasteiger partial charge on any atom is 0.316 e. The lowest BCUT2D eigenvalue weighted by molar-refractivity contribution is -0.140. The number of nitrogens with one attached hydrogen (secondary N) is 1. The molecule has 0 saturated heterocycles. The standard InChI is InChI=1S/C7H14BrNO2/c1-6(2)9-3-4-11-7(10)5-8/h6,9H,3-5H2,1-2H3. The van der Waals surface area contributed by atoms with Crippen LogP contribution in [-0.4, -0.2) is 30.5 Å². The summed E-state index contributed by atoms with van der Waals surface area (Å²) in [6.45, 7) is 5.26. The SMILES string of the molecule is CC(C)NCCOC(=O)CBr. The van der Waals surface area contributed by atoms with Gasteiger partial charge in [0.25, 0.3) is 0 Å². The van der Waals surface area contributed by atoms with Gasteiger partial charge < -0.3 is 10.1 Å². The van der Waals surface area contributed by atoms with Crippen LogP contribution >= 0.6 is 15.9 Å². The molecule has 0 aliphatic heterocycles. The summed E-state index contributed by atoms with van der Waals surface area (Å²) < 4.78 is 4.79. The normalized spacial score (nSPS) is 10.2. The fourth-order valence-electron chi connectivity index (χ4n) is 0.551. The molecule has 0 spiro atoms. The molecule has 11 heavy (non-hydrogen) atoms. The summed E-state index contributed by atoms with van der Waals surface area (Å²) in [7, 11) is 0. The van der Waals surface area contributed by atoms with Crippen molar-refractivity contribution in [3.05, 3.63) is 0 Å². The topological polar surface area (TPSA) is 38.3 Å². The molecule has 0 fully saturated rings. The van der Waals surface area contributed by atoms with E-state index in [0.717, 1.165) is 6.54 Å². The average Bonchev–Trinajstić information content (AvgIpc) is 1.97. The van der Waals surface area contributed by atoms with E-state index in [0.29, 0.717) is 12.6 Å². The molecule has 66 valence electrons. The lowest BCUT2D eigenvalue weighted by Crippen LogP contribution is -2.27. The Labute approximate surface area is 75.6 Å². The van der Waals surface area contributed by atoms with Crippen LogP contribution in [0.3, 0.4) is 0 Å². The van der Waals surface area contributed by atoms with E-state index in [1.807, 2.05) is 13.8 Å². The van der Waals surface area contributed by atoms with Gasteiger partial charge in [-0.3, -0.25) is 4.79 Å². The summed E-state index contributed by atoms with van der Waals surface area (Å²) in [5.74, 6) is -0.212. The minimum atomic E-state index is -0.212. The van der Waals surface area contributed by atoms with Crippen LogP contribution in [0.2, 0.25) is 0 Å². The van der Waals surface area contributed by atoms with Crippen molar-refractivity contribution in [2.75, 3.05) is 18.5 Å². The molecule has 4 heteroatoms. The molecule has 3 nitrogen and oxygen atoms in total. The molecule has 0 heterocycles. The molecule has 0 aliphatic carbocycles. The number of esters is 1. The van der Waals surface area contributed by atoms with Crippen LogP contribution < -0.4 is 5.32 Å². The van der Waals surface area contributed by atoms with Gasteiger partial charge in [-0.15, -0.1) is 0 Å². The van der Waals surface area contributed by atoms with E-state index in [2.05, 4.69) is 21.2 Å². The zero-order chi connectivity index (χ0) is 8.69. The summed E-state index contributed by atoms with van der Waals surface area (Å²) >= 11 is 3.00. The van der Waals surface area contributed by atoms with E-state index in [9.17, 15) is 4.79 Å². The number of ether oxygens (including phenoxy) is 1. The third-order valence-electron chi connectivity index (χ3n) is 1.03. The maximum atomic E-state index is 10.6. The first-order valence-electron chi connectivity index (χ1n) is 3.61. The number of halogens is 1. The number of alkyl halides is 1. The summed E-state index contributed by atoms with van der Waals surface area (Å²) in [6.07, 6.45) is 0. The molecule has 0 radical (unpaired) electrons. The first-order valence-corrected chi connectivity index (χ1v) is 4.74. The minimum Gasteiger partial charge on any atom is -0.464 e. The predicted octanol–water partition coefficient (Wildman–Crippen LogP) is 0.922. The van der Waals surface area contributed by atoms with Gasteiger partial charge in [0.2, 0.25) is 0 Å². The van der Waals surface area contributed by atoms with Crippen molar-refractivity contribution in [2.45, 2.75) is 19.9 Å². The molecule has 0 rings (SSSR count). The number of carbonyl (C=O) groups is 1. The van der Waals surface area contributed by atoms with Crippen LogP contribution in [0, 0.1) is 0 Å². The van der Waals surface area contributed by atoms with E-state index in [1.54, 1.807) is 0 Å². The van der Waals surface area contributed by atoms with E-state index in [-0.39, 0.29) is 11.3 Å². The van der Waals surface area contributed by atoms with Crippen molar-refractivity contribution in [1.82, 2.24) is 5.32 Å². The molecule has 0 aromatic carbocycles. The smallest absolute Gasteiger partial charge is 0.316 e. The third kappa shape index (κ3) is 7.81. The number of hydrogen-bond donors (Lipinski definition) is 1. The Balaban J connectivity index is 3.08. The lowest BCUT2D eigenvalue weighted by atomic mass is 10.4. The van der Waals surface area contributed by atoms with Crippen LogP contribution in [0.4, 0.5) is 0 Å². The second-order valence-corrected chi connectivity index (χ2v) is 3.02. The average molecular weight is 224 g/mol. The fraction of sp³-hybridized carbons (Fsp3) is 0.857. The molecule has 0 amide bonds. The van der Waals surface area contributed by atoms with Gasteiger partial charge >= 0.3 is 5.97 Å². The number of hydrogen-bond acceptors (Lipinski definition) is 3. The molecular weight excluding hydrogens is 210 g/mol. The number of carbonyl (C=O) groups excluding carboxylic acids is 1. The monoisotopic (exact) mass is 223 g/mol. The van der Waals surface area contributed by atoms with Gasteiger partial charge in [-0.25, -0.2) is 0 Å². The Morgan fingerprint density at radius 3 is 2.73 bits per heavy atom. The summed E-state index contributed by atoms with van der Waals surface area (Å²) in [6, 6.07) is 0.442. The van der Waals surface area contributed by atoms with Crippen molar-refractivity contribution < 1.29 is 9.53 Å². The Hall–Kier alpha value is -0.0900. The van der Waals surface area contributed by atoms with Crippen LogP contribution in [-0.2, 0) is 9.53 Å². The molecule has 0 aliphatic rings. The van der Waals surface area contributed by atoms with E-state index >= 15 is 0 Å². The Morgan fingerprint density at radius 1 is 1.64 bits per heavy atom. The van der Waals surface area contributed by atoms with Crippen LogP contribution in [0.1, 0.15) is 13.8 Å². The molecule has 0 aromatic rings. The van der Waals surface area contributed by atoms with E-state index in [1.165, 1.54) is 0 Å². The Kier molecular flexibility index (Phi) is 6.56. The zero-order valence-corrected chi connectivity index (χ0v) is 8.48. The summed E-state index contributed by atoms with van der Waals surface area (Å²) in [5, 5.41) is 3.40. The fourth-order valence-corrected chi connectivity index (χ4v) is 0.713. The van der Waals surface area contributed by atoms with Gasteiger partial charge in [0.1, 0.15) is 11.9 Å².